The molecule has 5 rings (SSSR count). The average Bonchev–Trinajstić information content (AvgIpc) is 3.50. The minimum absolute atomic E-state index is 0.0829. The van der Waals surface area contributed by atoms with E-state index < -0.39 is 23.1 Å². The van der Waals surface area contributed by atoms with Gasteiger partial charge in [0.1, 0.15) is 18.2 Å². The van der Waals surface area contributed by atoms with Crippen molar-refractivity contribution >= 4 is 5.97 Å². The number of benzene rings is 3. The Morgan fingerprint density at radius 1 is 1.08 bits per heavy atom. The molecular formula is C32H34F2O5. The monoisotopic (exact) mass is 536 g/mol. The maximum Gasteiger partial charge on any atom is 0.307 e. The second-order valence-corrected chi connectivity index (χ2v) is 11.7. The molecule has 0 bridgehead atoms. The number of carboxylic acid groups (broad SMARTS) is 1. The number of rotatable bonds is 8. The Bertz CT molecular complexity index is 1430. The Kier molecular flexibility index (Phi) is 6.91. The summed E-state index contributed by atoms with van der Waals surface area (Å²) in [7, 11) is 3.17. The minimum Gasteiger partial charge on any atom is -0.497 e. The Hall–Kier alpha value is -3.45. The first kappa shape index (κ1) is 27.1. The number of methoxy groups -OCH3 is 2. The lowest BCUT2D eigenvalue weighted by Crippen LogP contribution is -2.21. The molecule has 1 unspecified atom stereocenters. The maximum absolute atomic E-state index is 15.7. The third-order valence-electron chi connectivity index (χ3n) is 8.18. The average molecular weight is 537 g/mol. The zero-order valence-electron chi connectivity index (χ0n) is 22.9. The number of ether oxygens (including phenoxy) is 3. The van der Waals surface area contributed by atoms with Gasteiger partial charge in [-0.1, -0.05) is 39.0 Å². The standard InChI is InChI=1S/C32H34F2O5/c1-31(2,3)29(38-5)23-14-18(6-9-21(23)22-15-20(37-4)8-10-25(22)33)17-39-26-11-7-19-12-13-32(27(19)28(26)34)16-24(32)30(35)36/h6-11,14-15,24,29H,12-13,16-17H2,1-5H3,(H,35,36)/t24-,29-,32?/m1/s1. The lowest BCUT2D eigenvalue weighted by atomic mass is 9.81. The van der Waals surface area contributed by atoms with Crippen LogP contribution in [0.2, 0.25) is 0 Å². The number of carboxylic acids is 1. The van der Waals surface area contributed by atoms with Gasteiger partial charge in [-0.2, -0.15) is 0 Å². The van der Waals surface area contributed by atoms with Crippen LogP contribution in [0.1, 0.15) is 62.0 Å². The fourth-order valence-electron chi connectivity index (χ4n) is 6.23. The predicted molar refractivity (Wildman–Crippen MR) is 144 cm³/mol. The van der Waals surface area contributed by atoms with Gasteiger partial charge in [-0.3, -0.25) is 4.79 Å². The van der Waals surface area contributed by atoms with Gasteiger partial charge in [-0.25, -0.2) is 8.78 Å². The van der Waals surface area contributed by atoms with Gasteiger partial charge in [-0.15, -0.1) is 0 Å². The summed E-state index contributed by atoms with van der Waals surface area (Å²) in [5.74, 6) is -1.61. The summed E-state index contributed by atoms with van der Waals surface area (Å²) < 4.78 is 47.9. The number of halogens is 2. The summed E-state index contributed by atoms with van der Waals surface area (Å²) in [5, 5.41) is 9.52. The van der Waals surface area contributed by atoms with E-state index >= 15 is 8.78 Å². The van der Waals surface area contributed by atoms with Crippen LogP contribution in [0.4, 0.5) is 8.78 Å². The van der Waals surface area contributed by atoms with Gasteiger partial charge in [-0.05, 0) is 77.3 Å². The van der Waals surface area contributed by atoms with Crippen molar-refractivity contribution in [2.75, 3.05) is 14.2 Å². The SMILES string of the molecule is COc1ccc(F)c(-c2ccc(COc3ccc4c(c3F)C3(CC4)C[C@@H]3C(=O)O)cc2[C@@H](OC)C(C)(C)C)c1. The van der Waals surface area contributed by atoms with E-state index in [-0.39, 0.29) is 29.7 Å². The molecule has 1 fully saturated rings. The number of hydrogen-bond donors (Lipinski definition) is 1. The normalized spacial score (nSPS) is 20.5. The lowest BCUT2D eigenvalue weighted by Gasteiger charge is -2.32. The van der Waals surface area contributed by atoms with Gasteiger partial charge in [0.05, 0.1) is 19.1 Å². The number of carbonyl (C=O) groups is 1. The molecule has 0 heterocycles. The van der Waals surface area contributed by atoms with Crippen LogP contribution in [0.3, 0.4) is 0 Å². The van der Waals surface area contributed by atoms with Crippen LogP contribution in [0, 0.1) is 23.0 Å². The molecule has 3 atom stereocenters. The summed E-state index contributed by atoms with van der Waals surface area (Å²) in [6.45, 7) is 6.23. The Morgan fingerprint density at radius 2 is 1.85 bits per heavy atom. The highest BCUT2D eigenvalue weighted by Gasteiger charge is 2.63. The molecule has 1 spiro atoms. The van der Waals surface area contributed by atoms with Crippen molar-refractivity contribution in [1.29, 1.82) is 0 Å². The highest BCUT2D eigenvalue weighted by atomic mass is 19.1. The van der Waals surface area contributed by atoms with E-state index in [9.17, 15) is 9.90 Å². The van der Waals surface area contributed by atoms with Crippen LogP contribution >= 0.6 is 0 Å². The molecule has 39 heavy (non-hydrogen) atoms. The van der Waals surface area contributed by atoms with Crippen LogP contribution in [0.15, 0.2) is 48.5 Å². The molecule has 7 heteroatoms. The van der Waals surface area contributed by atoms with E-state index in [2.05, 4.69) is 0 Å². The molecule has 0 radical (unpaired) electrons. The molecule has 2 aliphatic rings. The van der Waals surface area contributed by atoms with Gasteiger partial charge in [0, 0.05) is 23.7 Å². The summed E-state index contributed by atoms with van der Waals surface area (Å²) in [6, 6.07) is 13.7. The molecule has 3 aromatic rings. The first-order valence-electron chi connectivity index (χ1n) is 13.2. The molecular weight excluding hydrogens is 502 g/mol. The van der Waals surface area contributed by atoms with Crippen molar-refractivity contribution in [3.63, 3.8) is 0 Å². The van der Waals surface area contributed by atoms with Gasteiger partial charge in [0.15, 0.2) is 11.6 Å². The highest BCUT2D eigenvalue weighted by Crippen LogP contribution is 2.62. The van der Waals surface area contributed by atoms with Gasteiger partial charge in [0.2, 0.25) is 0 Å². The van der Waals surface area contributed by atoms with E-state index in [0.717, 1.165) is 16.7 Å². The third-order valence-corrected chi connectivity index (χ3v) is 8.18. The fourth-order valence-corrected chi connectivity index (χ4v) is 6.23. The number of aryl methyl sites for hydroxylation is 1. The van der Waals surface area contributed by atoms with Crippen molar-refractivity contribution in [2.24, 2.45) is 11.3 Å². The van der Waals surface area contributed by atoms with Gasteiger partial charge in [0.25, 0.3) is 0 Å². The molecule has 0 saturated heterocycles. The minimum atomic E-state index is -0.875. The van der Waals surface area contributed by atoms with Crippen LogP contribution in [-0.4, -0.2) is 25.3 Å². The van der Waals surface area contributed by atoms with Crippen LogP contribution in [-0.2, 0) is 28.0 Å². The Balaban J connectivity index is 1.48. The van der Waals surface area contributed by atoms with E-state index in [0.29, 0.717) is 41.7 Å². The van der Waals surface area contributed by atoms with E-state index in [1.165, 1.54) is 13.2 Å². The summed E-state index contributed by atoms with van der Waals surface area (Å²) in [5.41, 5.74) is 3.09. The zero-order chi connectivity index (χ0) is 28.1. The van der Waals surface area contributed by atoms with E-state index in [1.807, 2.05) is 45.0 Å². The van der Waals surface area contributed by atoms with Crippen LogP contribution in [0.5, 0.6) is 11.5 Å². The van der Waals surface area contributed by atoms with Crippen molar-refractivity contribution < 1.29 is 32.9 Å². The van der Waals surface area contributed by atoms with Crippen LogP contribution in [0.25, 0.3) is 11.1 Å². The zero-order valence-corrected chi connectivity index (χ0v) is 22.9. The van der Waals surface area contributed by atoms with Crippen LogP contribution < -0.4 is 9.47 Å². The van der Waals surface area contributed by atoms with Crippen molar-refractivity contribution in [3.05, 3.63) is 82.4 Å². The fraction of sp³-hybridized carbons (Fsp3) is 0.406. The third kappa shape index (κ3) is 4.78. The number of hydrogen-bond acceptors (Lipinski definition) is 4. The van der Waals surface area contributed by atoms with Crippen molar-refractivity contribution in [3.8, 4) is 22.6 Å². The molecule has 0 amide bonds. The Labute approximate surface area is 227 Å². The molecule has 5 nitrogen and oxygen atoms in total. The molecule has 206 valence electrons. The largest absolute Gasteiger partial charge is 0.497 e. The van der Waals surface area contributed by atoms with Gasteiger partial charge >= 0.3 is 5.97 Å². The quantitative estimate of drug-likeness (QED) is 0.329. The second kappa shape index (κ2) is 9.94. The number of aliphatic carboxylic acids is 1. The van der Waals surface area contributed by atoms with Gasteiger partial charge < -0.3 is 19.3 Å². The first-order valence-corrected chi connectivity index (χ1v) is 13.2. The maximum atomic E-state index is 15.7. The second-order valence-electron chi connectivity index (χ2n) is 11.7. The molecule has 2 aliphatic carbocycles. The molecule has 1 saturated carbocycles. The summed E-state index contributed by atoms with van der Waals surface area (Å²) in [4.78, 5) is 11.6. The van der Waals surface area contributed by atoms with Crippen molar-refractivity contribution in [1.82, 2.24) is 0 Å². The lowest BCUT2D eigenvalue weighted by molar-refractivity contribution is -0.139. The first-order chi connectivity index (χ1) is 18.5. The molecule has 0 aliphatic heterocycles. The topological polar surface area (TPSA) is 65.0 Å². The van der Waals surface area contributed by atoms with Crippen molar-refractivity contribution in [2.45, 2.75) is 58.2 Å². The molecule has 1 N–H and O–H groups in total. The molecule has 0 aromatic heterocycles. The van der Waals surface area contributed by atoms with E-state index in [4.69, 9.17) is 14.2 Å². The Morgan fingerprint density at radius 3 is 2.49 bits per heavy atom. The predicted octanol–water partition coefficient (Wildman–Crippen LogP) is 7.24. The summed E-state index contributed by atoms with van der Waals surface area (Å²) >= 11 is 0. The molecule has 3 aromatic carbocycles. The number of fused-ring (bicyclic) bond motifs is 2. The summed E-state index contributed by atoms with van der Waals surface area (Å²) in [6.07, 6.45) is 1.42. The van der Waals surface area contributed by atoms with E-state index in [1.54, 1.807) is 25.3 Å². The highest BCUT2D eigenvalue weighted by molar-refractivity contribution is 5.78. The smallest absolute Gasteiger partial charge is 0.307 e.